The molecule has 0 spiro atoms. The molecule has 3 aromatic rings. The smallest absolute Gasteiger partial charge is 0.352 e. The number of carbonyl (C=O) groups is 1. The number of rotatable bonds is 5. The fraction of sp³-hybridized carbons (Fsp3) is 0.348. The van der Waals surface area contributed by atoms with Gasteiger partial charge in [0.15, 0.2) is 11.6 Å². The summed E-state index contributed by atoms with van der Waals surface area (Å²) < 4.78 is 51.6. The fourth-order valence-electron chi connectivity index (χ4n) is 4.89. The second kappa shape index (κ2) is 8.30. The van der Waals surface area contributed by atoms with Crippen LogP contribution in [0.2, 0.25) is 0 Å². The van der Waals surface area contributed by atoms with Crippen LogP contribution in [0.5, 0.6) is 0 Å². The summed E-state index contributed by atoms with van der Waals surface area (Å²) in [5.74, 6) is -0.0976. The number of nitrogens with zero attached hydrogens (tertiary/aromatic N) is 5. The number of hydrogen-bond acceptors (Lipinski definition) is 6. The summed E-state index contributed by atoms with van der Waals surface area (Å²) in [6.07, 6.45) is 1.57. The minimum absolute atomic E-state index is 0.0743. The number of piperidine rings is 1. The van der Waals surface area contributed by atoms with Gasteiger partial charge in [-0.05, 0) is 31.2 Å². The predicted molar refractivity (Wildman–Crippen MR) is 114 cm³/mol. The Bertz CT molecular complexity index is 1200. The van der Waals surface area contributed by atoms with E-state index < -0.39 is 23.1 Å². The molecule has 176 valence electrons. The highest BCUT2D eigenvalue weighted by molar-refractivity contribution is 6.00. The third-order valence-corrected chi connectivity index (χ3v) is 6.52. The lowest BCUT2D eigenvalue weighted by Gasteiger charge is -2.39. The van der Waals surface area contributed by atoms with Gasteiger partial charge in [-0.3, -0.25) is 4.79 Å². The highest BCUT2D eigenvalue weighted by Crippen LogP contribution is 2.47. The number of anilines is 1. The lowest BCUT2D eigenvalue weighted by Crippen LogP contribution is -2.52. The summed E-state index contributed by atoms with van der Waals surface area (Å²) in [6, 6.07) is 6.91. The van der Waals surface area contributed by atoms with Crippen LogP contribution in [0.1, 0.15) is 35.2 Å². The number of nitrogens with one attached hydrogen (secondary N) is 1. The standard InChI is InChI=1S/C23H20F4N6O/c24-16-10-28-19(29-11-16)17-3-1-2-4-18(17)20(34)33-12-14-5-6-22(33,7-14)13-32-21-30-8-15(9-31-21)23(25,26)27/h1-4,8-11,14H,5-7,12-13H2,(H,30,31,32). The monoisotopic (exact) mass is 472 g/mol. The first-order chi connectivity index (χ1) is 16.2. The molecule has 2 bridgehead atoms. The zero-order valence-electron chi connectivity index (χ0n) is 17.9. The van der Waals surface area contributed by atoms with Crippen LogP contribution in [0.3, 0.4) is 0 Å². The molecule has 1 saturated heterocycles. The Morgan fingerprint density at radius 3 is 2.47 bits per heavy atom. The Labute approximate surface area is 192 Å². The summed E-state index contributed by atoms with van der Waals surface area (Å²) >= 11 is 0. The second-order valence-electron chi connectivity index (χ2n) is 8.67. The molecule has 2 fully saturated rings. The number of hydrogen-bond donors (Lipinski definition) is 1. The number of alkyl halides is 3. The second-order valence-corrected chi connectivity index (χ2v) is 8.67. The summed E-state index contributed by atoms with van der Waals surface area (Å²) in [7, 11) is 0. The lowest BCUT2D eigenvalue weighted by atomic mass is 9.94. The molecule has 1 N–H and O–H groups in total. The van der Waals surface area contributed by atoms with E-state index in [1.54, 1.807) is 24.3 Å². The van der Waals surface area contributed by atoms with Crippen LogP contribution in [0.4, 0.5) is 23.5 Å². The first kappa shape index (κ1) is 22.2. The zero-order valence-corrected chi connectivity index (χ0v) is 17.9. The van der Waals surface area contributed by atoms with Gasteiger partial charge in [0.2, 0.25) is 5.95 Å². The van der Waals surface area contributed by atoms with Crippen molar-refractivity contribution in [1.29, 1.82) is 0 Å². The lowest BCUT2D eigenvalue weighted by molar-refractivity contribution is -0.138. The summed E-state index contributed by atoms with van der Waals surface area (Å²) in [4.78, 5) is 31.1. The van der Waals surface area contributed by atoms with Gasteiger partial charge in [0.25, 0.3) is 5.91 Å². The van der Waals surface area contributed by atoms with E-state index in [0.29, 0.717) is 30.1 Å². The van der Waals surface area contributed by atoms with Crippen LogP contribution < -0.4 is 5.32 Å². The van der Waals surface area contributed by atoms with Crippen molar-refractivity contribution in [2.75, 3.05) is 18.4 Å². The van der Waals surface area contributed by atoms with Crippen molar-refractivity contribution in [3.8, 4) is 11.4 Å². The quantitative estimate of drug-likeness (QED) is 0.561. The van der Waals surface area contributed by atoms with E-state index in [2.05, 4.69) is 25.3 Å². The summed E-state index contributed by atoms with van der Waals surface area (Å²) in [5, 5.41) is 3.02. The number of benzene rings is 1. The number of carbonyl (C=O) groups excluding carboxylic acids is 1. The number of halogens is 4. The zero-order chi connectivity index (χ0) is 23.9. The van der Waals surface area contributed by atoms with Crippen molar-refractivity contribution in [2.24, 2.45) is 5.92 Å². The Morgan fingerprint density at radius 1 is 1.09 bits per heavy atom. The molecule has 1 saturated carbocycles. The number of fused-ring (bicyclic) bond motifs is 2. The molecule has 2 aliphatic rings. The first-order valence-corrected chi connectivity index (χ1v) is 10.8. The third kappa shape index (κ3) is 4.06. The molecule has 34 heavy (non-hydrogen) atoms. The van der Waals surface area contributed by atoms with Gasteiger partial charge in [-0.15, -0.1) is 0 Å². The van der Waals surface area contributed by atoms with Gasteiger partial charge in [-0.1, -0.05) is 18.2 Å². The van der Waals surface area contributed by atoms with Crippen LogP contribution in [-0.4, -0.2) is 49.4 Å². The molecule has 1 aliphatic carbocycles. The van der Waals surface area contributed by atoms with Gasteiger partial charge in [0.05, 0.1) is 29.1 Å². The minimum Gasteiger partial charge on any atom is -0.352 e. The molecule has 1 aromatic carbocycles. The Kier molecular flexibility index (Phi) is 5.41. The van der Waals surface area contributed by atoms with E-state index in [9.17, 15) is 22.4 Å². The molecule has 3 heterocycles. The van der Waals surface area contributed by atoms with Crippen molar-refractivity contribution in [3.05, 3.63) is 66.0 Å². The van der Waals surface area contributed by atoms with E-state index in [1.165, 1.54) is 0 Å². The van der Waals surface area contributed by atoms with Crippen LogP contribution >= 0.6 is 0 Å². The Morgan fingerprint density at radius 2 is 1.79 bits per heavy atom. The third-order valence-electron chi connectivity index (χ3n) is 6.52. The van der Waals surface area contributed by atoms with Crippen LogP contribution in [-0.2, 0) is 6.18 Å². The number of amides is 1. The molecule has 1 aliphatic heterocycles. The molecule has 2 aromatic heterocycles. The molecule has 11 heteroatoms. The molecule has 2 atom stereocenters. The number of likely N-dealkylation sites (tertiary alicyclic amines) is 1. The van der Waals surface area contributed by atoms with Crippen molar-refractivity contribution in [1.82, 2.24) is 24.8 Å². The average molecular weight is 472 g/mol. The fourth-order valence-corrected chi connectivity index (χ4v) is 4.89. The SMILES string of the molecule is O=C(c1ccccc1-c1ncc(F)cn1)N1CC2CCC1(CNc1ncc(C(F)(F)F)cn1)C2. The largest absolute Gasteiger partial charge is 0.419 e. The van der Waals surface area contributed by atoms with Gasteiger partial charge < -0.3 is 10.2 Å². The molecule has 1 amide bonds. The van der Waals surface area contributed by atoms with Crippen LogP contribution in [0.25, 0.3) is 11.4 Å². The Hall–Kier alpha value is -3.63. The predicted octanol–water partition coefficient (Wildman–Crippen LogP) is 4.20. The van der Waals surface area contributed by atoms with E-state index in [0.717, 1.165) is 44.0 Å². The van der Waals surface area contributed by atoms with Gasteiger partial charge in [-0.2, -0.15) is 13.2 Å². The maximum atomic E-state index is 13.7. The normalized spacial score (nSPS) is 21.6. The van der Waals surface area contributed by atoms with Crippen molar-refractivity contribution in [2.45, 2.75) is 31.0 Å². The molecular formula is C23H20F4N6O. The summed E-state index contributed by atoms with van der Waals surface area (Å²) in [5.41, 5.74) is -0.518. The van der Waals surface area contributed by atoms with E-state index >= 15 is 0 Å². The average Bonchev–Trinajstić information content (AvgIpc) is 3.42. The maximum Gasteiger partial charge on any atom is 0.419 e. The van der Waals surface area contributed by atoms with E-state index in [-0.39, 0.29) is 17.7 Å². The minimum atomic E-state index is -4.51. The van der Waals surface area contributed by atoms with E-state index in [1.807, 2.05) is 4.90 Å². The van der Waals surface area contributed by atoms with Gasteiger partial charge >= 0.3 is 6.18 Å². The summed E-state index contributed by atoms with van der Waals surface area (Å²) in [6.45, 7) is 0.892. The van der Waals surface area contributed by atoms with Crippen LogP contribution in [0, 0.1) is 11.7 Å². The molecule has 0 radical (unpaired) electrons. The molecule has 2 unspecified atom stereocenters. The molecular weight excluding hydrogens is 452 g/mol. The highest BCUT2D eigenvalue weighted by atomic mass is 19.4. The van der Waals surface area contributed by atoms with Gasteiger partial charge in [-0.25, -0.2) is 24.3 Å². The van der Waals surface area contributed by atoms with Gasteiger partial charge in [0.1, 0.15) is 0 Å². The van der Waals surface area contributed by atoms with Gasteiger partial charge in [0, 0.05) is 31.0 Å². The maximum absolute atomic E-state index is 13.7. The van der Waals surface area contributed by atoms with Crippen molar-refractivity contribution < 1.29 is 22.4 Å². The first-order valence-electron chi connectivity index (χ1n) is 10.8. The van der Waals surface area contributed by atoms with Crippen LogP contribution in [0.15, 0.2) is 49.1 Å². The van der Waals surface area contributed by atoms with Crippen molar-refractivity contribution >= 4 is 11.9 Å². The highest BCUT2D eigenvalue weighted by Gasteiger charge is 2.52. The van der Waals surface area contributed by atoms with E-state index in [4.69, 9.17) is 0 Å². The number of aromatic nitrogens is 4. The molecule has 5 rings (SSSR count). The van der Waals surface area contributed by atoms with Crippen molar-refractivity contribution in [3.63, 3.8) is 0 Å². The Balaban J connectivity index is 1.38. The topological polar surface area (TPSA) is 83.9 Å². The molecule has 7 nitrogen and oxygen atoms in total.